The molecule has 0 aliphatic carbocycles. The second kappa shape index (κ2) is 6.97. The zero-order valence-corrected chi connectivity index (χ0v) is 13.9. The summed E-state index contributed by atoms with van der Waals surface area (Å²) in [5.41, 5.74) is 1.86. The average Bonchev–Trinajstić information content (AvgIpc) is 3.12. The van der Waals surface area contributed by atoms with Crippen molar-refractivity contribution < 1.29 is 19.0 Å². The summed E-state index contributed by atoms with van der Waals surface area (Å²) in [5.74, 6) is 1.43. The second-order valence-electron chi connectivity index (χ2n) is 5.19. The van der Waals surface area contributed by atoms with Crippen LogP contribution in [0.4, 0.5) is 0 Å². The van der Waals surface area contributed by atoms with E-state index < -0.39 is 0 Å². The van der Waals surface area contributed by atoms with Crippen molar-refractivity contribution in [3.8, 4) is 11.5 Å². The molecule has 1 aromatic heterocycles. The molecule has 0 radical (unpaired) electrons. The van der Waals surface area contributed by atoms with Crippen LogP contribution in [0.15, 0.2) is 18.2 Å². The molecule has 0 spiro atoms. The van der Waals surface area contributed by atoms with Crippen LogP contribution in [0.3, 0.4) is 0 Å². The topological polar surface area (TPSA) is 69.7 Å². The molecule has 2 heterocycles. The predicted molar refractivity (Wildman–Crippen MR) is 85.7 cm³/mol. The number of ether oxygens (including phenoxy) is 3. The number of hydrogen-bond donors (Lipinski definition) is 1. The Hall–Kier alpha value is -2.12. The molecular formula is C16H18N2O4S. The van der Waals surface area contributed by atoms with Gasteiger partial charge < -0.3 is 19.5 Å². The summed E-state index contributed by atoms with van der Waals surface area (Å²) >= 11 is 1.52. The van der Waals surface area contributed by atoms with Crippen molar-refractivity contribution in [1.82, 2.24) is 10.3 Å². The summed E-state index contributed by atoms with van der Waals surface area (Å²) in [6, 6.07) is 5.66. The summed E-state index contributed by atoms with van der Waals surface area (Å²) in [6.07, 6.45) is 0.331. The number of carbonyl (C=O) groups excluding carboxylic acids is 1. The van der Waals surface area contributed by atoms with Crippen molar-refractivity contribution in [1.29, 1.82) is 0 Å². The van der Waals surface area contributed by atoms with Crippen molar-refractivity contribution in [3.63, 3.8) is 0 Å². The number of benzene rings is 1. The largest absolute Gasteiger partial charge is 0.454 e. The van der Waals surface area contributed by atoms with Crippen LogP contribution in [0, 0.1) is 6.92 Å². The number of amides is 1. The minimum atomic E-state index is -0.0293. The number of nitrogens with one attached hydrogen (secondary N) is 1. The Bertz CT molecular complexity index is 714. The highest BCUT2D eigenvalue weighted by molar-refractivity contribution is 7.11. The fourth-order valence-corrected chi connectivity index (χ4v) is 3.34. The van der Waals surface area contributed by atoms with Crippen molar-refractivity contribution in [2.45, 2.75) is 26.5 Å². The molecule has 0 fully saturated rings. The molecule has 0 unspecified atom stereocenters. The van der Waals surface area contributed by atoms with Crippen LogP contribution < -0.4 is 14.8 Å². The number of thiazole rings is 1. The number of carbonyl (C=O) groups is 1. The molecular weight excluding hydrogens is 316 g/mol. The maximum atomic E-state index is 12.1. The van der Waals surface area contributed by atoms with E-state index in [2.05, 4.69) is 10.3 Å². The monoisotopic (exact) mass is 334 g/mol. The number of methoxy groups -OCH3 is 1. The lowest BCUT2D eigenvalue weighted by atomic mass is 10.2. The van der Waals surface area contributed by atoms with Crippen LogP contribution in [-0.2, 0) is 29.1 Å². The van der Waals surface area contributed by atoms with Crippen molar-refractivity contribution in [2.75, 3.05) is 13.9 Å². The van der Waals surface area contributed by atoms with Crippen LogP contribution in [0.1, 0.15) is 21.1 Å². The van der Waals surface area contributed by atoms with E-state index in [1.165, 1.54) is 11.3 Å². The summed E-state index contributed by atoms with van der Waals surface area (Å²) in [6.45, 7) is 3.10. The van der Waals surface area contributed by atoms with Gasteiger partial charge >= 0.3 is 0 Å². The molecule has 0 bridgehead atoms. The molecule has 1 aromatic carbocycles. The highest BCUT2D eigenvalue weighted by atomic mass is 32.1. The van der Waals surface area contributed by atoms with E-state index in [0.29, 0.717) is 19.6 Å². The Balaban J connectivity index is 1.55. The summed E-state index contributed by atoms with van der Waals surface area (Å²) in [4.78, 5) is 17.5. The Labute approximate surface area is 138 Å². The lowest BCUT2D eigenvalue weighted by molar-refractivity contribution is -0.120. The maximum Gasteiger partial charge on any atom is 0.231 e. The quantitative estimate of drug-likeness (QED) is 0.877. The number of aryl methyl sites for hydroxylation is 1. The molecule has 0 saturated carbocycles. The van der Waals surface area contributed by atoms with E-state index in [0.717, 1.165) is 32.6 Å². The molecule has 23 heavy (non-hydrogen) atoms. The maximum absolute atomic E-state index is 12.1. The zero-order chi connectivity index (χ0) is 16.2. The van der Waals surface area contributed by atoms with Crippen molar-refractivity contribution >= 4 is 17.2 Å². The molecule has 7 heteroatoms. The third-order valence-electron chi connectivity index (χ3n) is 3.45. The van der Waals surface area contributed by atoms with Gasteiger partial charge in [0.2, 0.25) is 12.7 Å². The zero-order valence-electron chi connectivity index (χ0n) is 13.0. The smallest absolute Gasteiger partial charge is 0.231 e. The molecule has 1 N–H and O–H groups in total. The van der Waals surface area contributed by atoms with Gasteiger partial charge in [-0.2, -0.15) is 0 Å². The third-order valence-corrected chi connectivity index (χ3v) is 4.58. The Morgan fingerprint density at radius 2 is 2.22 bits per heavy atom. The lowest BCUT2D eigenvalue weighted by Gasteiger charge is -2.06. The molecule has 3 rings (SSSR count). The number of fused-ring (bicyclic) bond motifs is 1. The SMILES string of the molecule is COCc1nc(C)c(CC(=O)NCc2ccc3c(c2)OCO3)s1. The van der Waals surface area contributed by atoms with E-state index in [1.807, 2.05) is 25.1 Å². The molecule has 1 aliphatic heterocycles. The van der Waals surface area contributed by atoms with Crippen molar-refractivity contribution in [2.24, 2.45) is 0 Å². The van der Waals surface area contributed by atoms with E-state index in [1.54, 1.807) is 7.11 Å². The predicted octanol–water partition coefficient (Wildman–Crippen LogP) is 2.19. The fraction of sp³-hybridized carbons (Fsp3) is 0.375. The summed E-state index contributed by atoms with van der Waals surface area (Å²) < 4.78 is 15.7. The van der Waals surface area contributed by atoms with Crippen LogP contribution in [0.5, 0.6) is 11.5 Å². The van der Waals surface area contributed by atoms with Gasteiger partial charge in [0.05, 0.1) is 18.7 Å². The minimum Gasteiger partial charge on any atom is -0.454 e. The Kier molecular flexibility index (Phi) is 4.78. The molecule has 1 amide bonds. The lowest BCUT2D eigenvalue weighted by Crippen LogP contribution is -2.24. The first-order valence-electron chi connectivity index (χ1n) is 7.25. The Morgan fingerprint density at radius 3 is 3.04 bits per heavy atom. The number of rotatable bonds is 6. The van der Waals surface area contributed by atoms with Gasteiger partial charge in [0.1, 0.15) is 5.01 Å². The minimum absolute atomic E-state index is 0.0293. The molecule has 2 aromatic rings. The number of nitrogens with zero attached hydrogens (tertiary/aromatic N) is 1. The number of aromatic nitrogens is 1. The van der Waals surface area contributed by atoms with Crippen molar-refractivity contribution in [3.05, 3.63) is 39.3 Å². The van der Waals surface area contributed by atoms with Gasteiger partial charge in [0.25, 0.3) is 0 Å². The van der Waals surface area contributed by atoms with E-state index in [4.69, 9.17) is 14.2 Å². The van der Waals surface area contributed by atoms with Gasteiger partial charge in [-0.1, -0.05) is 6.07 Å². The van der Waals surface area contributed by atoms with E-state index in [9.17, 15) is 4.79 Å². The van der Waals surface area contributed by atoms with Crippen LogP contribution >= 0.6 is 11.3 Å². The number of hydrogen-bond acceptors (Lipinski definition) is 6. The third kappa shape index (κ3) is 3.80. The highest BCUT2D eigenvalue weighted by Crippen LogP contribution is 2.32. The van der Waals surface area contributed by atoms with E-state index >= 15 is 0 Å². The van der Waals surface area contributed by atoms with Gasteiger partial charge in [-0.15, -0.1) is 11.3 Å². The first kappa shape index (κ1) is 15.8. The molecule has 0 saturated heterocycles. The summed E-state index contributed by atoms with van der Waals surface area (Å²) in [7, 11) is 1.63. The first-order valence-corrected chi connectivity index (χ1v) is 8.06. The Morgan fingerprint density at radius 1 is 1.39 bits per heavy atom. The van der Waals surface area contributed by atoms with Crippen LogP contribution in [0.25, 0.3) is 0 Å². The average molecular weight is 334 g/mol. The normalized spacial score (nSPS) is 12.4. The molecule has 122 valence electrons. The van der Waals surface area contributed by atoms with Crippen LogP contribution in [0.2, 0.25) is 0 Å². The van der Waals surface area contributed by atoms with Crippen LogP contribution in [-0.4, -0.2) is 24.8 Å². The molecule has 6 nitrogen and oxygen atoms in total. The second-order valence-corrected chi connectivity index (χ2v) is 6.36. The van der Waals surface area contributed by atoms with Gasteiger partial charge in [-0.05, 0) is 24.6 Å². The van der Waals surface area contributed by atoms with Gasteiger partial charge in [-0.25, -0.2) is 4.98 Å². The fourth-order valence-electron chi connectivity index (χ4n) is 2.30. The molecule has 1 aliphatic rings. The van der Waals surface area contributed by atoms with Gasteiger partial charge in [0, 0.05) is 18.5 Å². The standard InChI is InChI=1S/C16H18N2O4S/c1-10-14(23-16(18-10)8-20-2)6-15(19)17-7-11-3-4-12-13(5-11)22-9-21-12/h3-5H,6-9H2,1-2H3,(H,17,19). The highest BCUT2D eigenvalue weighted by Gasteiger charge is 2.14. The summed E-state index contributed by atoms with van der Waals surface area (Å²) in [5, 5.41) is 3.81. The van der Waals surface area contributed by atoms with Gasteiger partial charge in [0.15, 0.2) is 11.5 Å². The first-order chi connectivity index (χ1) is 11.2. The van der Waals surface area contributed by atoms with Gasteiger partial charge in [-0.3, -0.25) is 4.79 Å². The molecule has 0 atom stereocenters. The van der Waals surface area contributed by atoms with E-state index in [-0.39, 0.29) is 12.7 Å².